The Hall–Kier alpha value is -3.67. The first-order valence-corrected chi connectivity index (χ1v) is 12.3. The van der Waals surface area contributed by atoms with Crippen LogP contribution < -0.4 is 5.32 Å². The van der Waals surface area contributed by atoms with E-state index < -0.39 is 0 Å². The predicted molar refractivity (Wildman–Crippen MR) is 137 cm³/mol. The summed E-state index contributed by atoms with van der Waals surface area (Å²) in [5.74, 6) is 0.209. The molecule has 0 saturated heterocycles. The maximum Gasteiger partial charge on any atom is 0.308 e. The van der Waals surface area contributed by atoms with Crippen LogP contribution in [-0.4, -0.2) is 35.1 Å². The summed E-state index contributed by atoms with van der Waals surface area (Å²) in [5.41, 5.74) is 3.63. The predicted octanol–water partition coefficient (Wildman–Crippen LogP) is 5.26. The van der Waals surface area contributed by atoms with Gasteiger partial charge in [-0.25, -0.2) is 0 Å². The average molecular weight is 470 g/mol. The molecular formula is C29H31N3O3. The number of hydrogen-bond donors (Lipinski definition) is 1. The first kappa shape index (κ1) is 23.1. The first-order chi connectivity index (χ1) is 17.0. The number of fused-ring (bicyclic) bond motifs is 2. The van der Waals surface area contributed by atoms with Crippen LogP contribution in [0.4, 0.5) is 0 Å². The smallest absolute Gasteiger partial charge is 0.308 e. The van der Waals surface area contributed by atoms with Crippen LogP contribution in [0.5, 0.6) is 0 Å². The van der Waals surface area contributed by atoms with Gasteiger partial charge in [-0.1, -0.05) is 24.3 Å². The minimum absolute atomic E-state index is 0.00431. The number of carbonyl (C=O) groups is 2. The zero-order chi connectivity index (χ0) is 24.4. The molecule has 5 rings (SSSR count). The van der Waals surface area contributed by atoms with Gasteiger partial charge in [-0.05, 0) is 73.7 Å². The summed E-state index contributed by atoms with van der Waals surface area (Å²) in [6, 6.07) is 16.5. The monoisotopic (exact) mass is 469 g/mol. The normalized spacial score (nSPS) is 18.0. The van der Waals surface area contributed by atoms with Crippen molar-refractivity contribution in [3.05, 3.63) is 77.7 Å². The molecule has 6 nitrogen and oxygen atoms in total. The first-order valence-electron chi connectivity index (χ1n) is 12.3. The molecule has 2 aromatic carbocycles. The molecular weight excluding hydrogens is 438 g/mol. The molecule has 0 atom stereocenters. The molecule has 1 amide bonds. The summed E-state index contributed by atoms with van der Waals surface area (Å²) < 4.78 is 7.00. The summed E-state index contributed by atoms with van der Waals surface area (Å²) in [7, 11) is 1.45. The number of amides is 1. The fourth-order valence-corrected chi connectivity index (χ4v) is 5.30. The minimum Gasteiger partial charge on any atom is -0.469 e. The van der Waals surface area contributed by atoms with E-state index in [1.165, 1.54) is 7.11 Å². The third kappa shape index (κ3) is 4.92. The van der Waals surface area contributed by atoms with Crippen LogP contribution in [0, 0.1) is 18.8 Å². The van der Waals surface area contributed by atoms with E-state index in [9.17, 15) is 9.59 Å². The molecule has 1 fully saturated rings. The molecule has 0 aliphatic heterocycles. The second kappa shape index (κ2) is 9.90. The topological polar surface area (TPSA) is 73.2 Å². The second-order valence-electron chi connectivity index (χ2n) is 9.67. The molecule has 6 heteroatoms. The van der Waals surface area contributed by atoms with Crippen molar-refractivity contribution in [1.29, 1.82) is 0 Å². The van der Waals surface area contributed by atoms with Gasteiger partial charge in [0.05, 0.1) is 36.3 Å². The third-order valence-corrected chi connectivity index (χ3v) is 7.20. The lowest BCUT2D eigenvalue weighted by Gasteiger charge is -2.27. The fraction of sp³-hybridized carbons (Fsp3) is 0.345. The number of pyridine rings is 1. The molecule has 180 valence electrons. The zero-order valence-electron chi connectivity index (χ0n) is 20.3. The number of aromatic nitrogens is 2. The molecule has 1 N–H and O–H groups in total. The number of nitrogens with zero attached hydrogens (tertiary/aromatic N) is 2. The van der Waals surface area contributed by atoms with E-state index in [-0.39, 0.29) is 17.8 Å². The van der Waals surface area contributed by atoms with Gasteiger partial charge in [0.25, 0.3) is 5.91 Å². The Labute approximate surface area is 205 Å². The molecule has 1 aliphatic carbocycles. The Kier molecular flexibility index (Phi) is 6.53. The van der Waals surface area contributed by atoms with Crippen molar-refractivity contribution in [2.24, 2.45) is 11.8 Å². The lowest BCUT2D eigenvalue weighted by Crippen LogP contribution is -2.33. The number of rotatable bonds is 6. The van der Waals surface area contributed by atoms with Gasteiger partial charge in [0.15, 0.2) is 0 Å². The van der Waals surface area contributed by atoms with Gasteiger partial charge in [0.1, 0.15) is 0 Å². The second-order valence-corrected chi connectivity index (χ2v) is 9.67. The maximum atomic E-state index is 13.3. The molecule has 0 spiro atoms. The van der Waals surface area contributed by atoms with Crippen LogP contribution in [-0.2, 0) is 16.1 Å². The number of benzene rings is 2. The quantitative estimate of drug-likeness (QED) is 0.391. The number of methoxy groups -OCH3 is 1. The Morgan fingerprint density at radius 1 is 1.03 bits per heavy atom. The van der Waals surface area contributed by atoms with Gasteiger partial charge in [-0.2, -0.15) is 0 Å². The van der Waals surface area contributed by atoms with E-state index in [1.54, 1.807) is 0 Å². The van der Waals surface area contributed by atoms with E-state index in [2.05, 4.69) is 45.2 Å². The highest BCUT2D eigenvalue weighted by molar-refractivity contribution is 6.06. The molecule has 1 aliphatic rings. The number of esters is 1. The van der Waals surface area contributed by atoms with Crippen LogP contribution >= 0.6 is 0 Å². The van der Waals surface area contributed by atoms with Crippen molar-refractivity contribution in [2.45, 2.75) is 39.2 Å². The number of hydrogen-bond acceptors (Lipinski definition) is 4. The highest BCUT2D eigenvalue weighted by Crippen LogP contribution is 2.29. The summed E-state index contributed by atoms with van der Waals surface area (Å²) in [6.07, 6.45) is 7.43. The summed E-state index contributed by atoms with van der Waals surface area (Å²) in [6.45, 7) is 3.23. The van der Waals surface area contributed by atoms with Crippen molar-refractivity contribution in [2.75, 3.05) is 13.7 Å². The molecule has 0 radical (unpaired) electrons. The van der Waals surface area contributed by atoms with E-state index in [0.29, 0.717) is 24.6 Å². The number of carbonyl (C=O) groups excluding carboxylic acids is 2. The third-order valence-electron chi connectivity index (χ3n) is 7.20. The number of aryl methyl sites for hydroxylation is 1. The van der Waals surface area contributed by atoms with Gasteiger partial charge in [-0.3, -0.25) is 14.6 Å². The maximum absolute atomic E-state index is 13.3. The minimum atomic E-state index is -0.115. The Bertz CT molecular complexity index is 1380. The van der Waals surface area contributed by atoms with E-state index >= 15 is 0 Å². The van der Waals surface area contributed by atoms with Gasteiger partial charge in [-0.15, -0.1) is 0 Å². The van der Waals surface area contributed by atoms with Gasteiger partial charge >= 0.3 is 5.97 Å². The number of nitrogens with one attached hydrogen (secondary N) is 1. The van der Waals surface area contributed by atoms with Crippen LogP contribution in [0.2, 0.25) is 0 Å². The van der Waals surface area contributed by atoms with Crippen LogP contribution in [0.15, 0.2) is 60.9 Å². The SMILES string of the molecule is COC(=O)[C@H]1CC[C@H](CNC(=O)c2cc(C)cc3ccn(Cc4cc5ccccc5cn4)c23)CC1. The molecule has 1 saturated carbocycles. The van der Waals surface area contributed by atoms with Gasteiger partial charge in [0.2, 0.25) is 0 Å². The summed E-state index contributed by atoms with van der Waals surface area (Å²) in [5, 5.41) is 6.49. The summed E-state index contributed by atoms with van der Waals surface area (Å²) >= 11 is 0. The van der Waals surface area contributed by atoms with Crippen LogP contribution in [0.3, 0.4) is 0 Å². The molecule has 4 aromatic rings. The van der Waals surface area contributed by atoms with Gasteiger partial charge in [0, 0.05) is 29.7 Å². The van der Waals surface area contributed by atoms with Crippen molar-refractivity contribution < 1.29 is 14.3 Å². The highest BCUT2D eigenvalue weighted by atomic mass is 16.5. The van der Waals surface area contributed by atoms with Crippen molar-refractivity contribution in [3.63, 3.8) is 0 Å². The van der Waals surface area contributed by atoms with Crippen molar-refractivity contribution in [3.8, 4) is 0 Å². The Morgan fingerprint density at radius 3 is 2.57 bits per heavy atom. The standard InChI is InChI=1S/C29H31N3O3/c1-19-13-23-11-12-32(18-25-15-22-5-3-4-6-24(22)17-30-25)27(23)26(14-19)28(33)31-16-20-7-9-21(10-8-20)29(34)35-2/h3-6,11-15,17,20-21H,7-10,16,18H2,1-2H3,(H,31,33)/t20-,21-. The lowest BCUT2D eigenvalue weighted by atomic mass is 9.82. The van der Waals surface area contributed by atoms with Crippen molar-refractivity contribution >= 4 is 33.6 Å². The number of ether oxygens (including phenoxy) is 1. The van der Waals surface area contributed by atoms with Gasteiger partial charge < -0.3 is 14.6 Å². The summed E-state index contributed by atoms with van der Waals surface area (Å²) in [4.78, 5) is 29.8. The molecule has 0 bridgehead atoms. The Balaban J connectivity index is 1.33. The fourth-order valence-electron chi connectivity index (χ4n) is 5.30. The molecule has 0 unspecified atom stereocenters. The Morgan fingerprint density at radius 2 is 1.80 bits per heavy atom. The molecule has 35 heavy (non-hydrogen) atoms. The zero-order valence-corrected chi connectivity index (χ0v) is 20.3. The van der Waals surface area contributed by atoms with E-state index in [4.69, 9.17) is 4.74 Å². The van der Waals surface area contributed by atoms with E-state index in [1.807, 2.05) is 37.5 Å². The largest absolute Gasteiger partial charge is 0.469 e. The van der Waals surface area contributed by atoms with E-state index in [0.717, 1.165) is 58.6 Å². The highest BCUT2D eigenvalue weighted by Gasteiger charge is 2.27. The molecule has 2 aromatic heterocycles. The van der Waals surface area contributed by atoms with Crippen LogP contribution in [0.25, 0.3) is 21.7 Å². The van der Waals surface area contributed by atoms with Crippen molar-refractivity contribution in [1.82, 2.24) is 14.9 Å². The van der Waals surface area contributed by atoms with Crippen LogP contribution in [0.1, 0.15) is 47.3 Å². The average Bonchev–Trinajstić information content (AvgIpc) is 3.28. The lowest BCUT2D eigenvalue weighted by molar-refractivity contribution is -0.146. The molecule has 2 heterocycles.